The fraction of sp³-hybridized carbons (Fsp3) is 0.500. The summed E-state index contributed by atoms with van der Waals surface area (Å²) in [7, 11) is 0. The Morgan fingerprint density at radius 2 is 2.25 bits per heavy atom. The average molecular weight is 212 g/mol. The van der Waals surface area contributed by atoms with Crippen LogP contribution in [0, 0.1) is 18.3 Å². The highest BCUT2D eigenvalue weighted by atomic mass is 14.3. The third-order valence-electron chi connectivity index (χ3n) is 3.86. The summed E-state index contributed by atoms with van der Waals surface area (Å²) in [5, 5.41) is 0. The van der Waals surface area contributed by atoms with E-state index in [1.54, 1.807) is 11.1 Å². The zero-order valence-corrected chi connectivity index (χ0v) is 10.1. The minimum atomic E-state index is 0.709. The first-order valence-corrected chi connectivity index (χ1v) is 6.36. The fourth-order valence-electron chi connectivity index (χ4n) is 2.85. The van der Waals surface area contributed by atoms with Crippen molar-refractivity contribution in [3.8, 4) is 12.3 Å². The Bertz CT molecular complexity index is 383. The molecule has 0 heteroatoms. The van der Waals surface area contributed by atoms with Crippen molar-refractivity contribution in [1.82, 2.24) is 0 Å². The van der Waals surface area contributed by atoms with Crippen molar-refractivity contribution in [3.63, 3.8) is 0 Å². The van der Waals surface area contributed by atoms with Gasteiger partial charge in [-0.2, -0.15) is 0 Å². The van der Waals surface area contributed by atoms with E-state index in [2.05, 4.69) is 37.1 Å². The van der Waals surface area contributed by atoms with Crippen LogP contribution in [0.15, 0.2) is 24.3 Å². The topological polar surface area (TPSA) is 0 Å². The lowest BCUT2D eigenvalue weighted by Crippen LogP contribution is -2.04. The van der Waals surface area contributed by atoms with Gasteiger partial charge in [0.1, 0.15) is 0 Å². The van der Waals surface area contributed by atoms with Crippen LogP contribution in [0.5, 0.6) is 0 Å². The van der Waals surface area contributed by atoms with Gasteiger partial charge in [-0.25, -0.2) is 0 Å². The van der Waals surface area contributed by atoms with Crippen LogP contribution in [-0.2, 0) is 6.42 Å². The van der Waals surface area contributed by atoms with Crippen LogP contribution in [0.25, 0.3) is 0 Å². The largest absolute Gasteiger partial charge is 0.120 e. The van der Waals surface area contributed by atoms with Gasteiger partial charge in [-0.3, -0.25) is 0 Å². The summed E-state index contributed by atoms with van der Waals surface area (Å²) in [5.41, 5.74) is 3.14. The Morgan fingerprint density at radius 3 is 3.00 bits per heavy atom. The lowest BCUT2D eigenvalue weighted by molar-refractivity contribution is 0.428. The first-order chi connectivity index (χ1) is 7.85. The molecule has 1 aliphatic rings. The van der Waals surface area contributed by atoms with Gasteiger partial charge < -0.3 is 0 Å². The maximum atomic E-state index is 5.42. The Labute approximate surface area is 99.1 Å². The third-order valence-corrected chi connectivity index (χ3v) is 3.86. The molecule has 0 aliphatic heterocycles. The number of hydrogen-bond acceptors (Lipinski definition) is 0. The van der Waals surface area contributed by atoms with E-state index in [0.717, 1.165) is 12.3 Å². The highest BCUT2D eigenvalue weighted by Gasteiger charge is 2.23. The first kappa shape index (κ1) is 11.3. The molecule has 0 spiro atoms. The molecule has 0 fully saturated rings. The van der Waals surface area contributed by atoms with E-state index in [0.29, 0.717) is 5.92 Å². The van der Waals surface area contributed by atoms with E-state index in [4.69, 9.17) is 6.42 Å². The molecule has 0 heterocycles. The maximum Gasteiger partial charge on any atom is 0.0114 e. The van der Waals surface area contributed by atoms with Gasteiger partial charge in [0.05, 0.1) is 0 Å². The van der Waals surface area contributed by atoms with E-state index in [9.17, 15) is 0 Å². The molecule has 16 heavy (non-hydrogen) atoms. The second kappa shape index (κ2) is 5.21. The molecule has 0 saturated heterocycles. The first-order valence-electron chi connectivity index (χ1n) is 6.36. The minimum absolute atomic E-state index is 0.709. The molecule has 1 aromatic carbocycles. The molecule has 0 aromatic heterocycles. The maximum absolute atomic E-state index is 5.42. The lowest BCUT2D eigenvalue weighted by atomic mass is 9.87. The quantitative estimate of drug-likeness (QED) is 0.657. The molecule has 2 unspecified atom stereocenters. The average Bonchev–Trinajstić information content (AvgIpc) is 2.72. The number of fused-ring (bicyclic) bond motifs is 1. The van der Waals surface area contributed by atoms with Crippen molar-refractivity contribution in [3.05, 3.63) is 35.4 Å². The molecule has 0 amide bonds. The smallest absolute Gasteiger partial charge is 0.0114 e. The van der Waals surface area contributed by atoms with Gasteiger partial charge in [0.2, 0.25) is 0 Å². The molecule has 2 rings (SSSR count). The van der Waals surface area contributed by atoms with Gasteiger partial charge in [0.15, 0.2) is 0 Å². The molecule has 1 aliphatic carbocycles. The summed E-state index contributed by atoms with van der Waals surface area (Å²) >= 11 is 0. The zero-order chi connectivity index (χ0) is 11.4. The van der Waals surface area contributed by atoms with Crippen molar-refractivity contribution >= 4 is 0 Å². The van der Waals surface area contributed by atoms with E-state index >= 15 is 0 Å². The molecule has 2 atom stereocenters. The van der Waals surface area contributed by atoms with Crippen molar-refractivity contribution in [2.24, 2.45) is 5.92 Å². The van der Waals surface area contributed by atoms with Gasteiger partial charge in [-0.1, -0.05) is 37.6 Å². The summed E-state index contributed by atoms with van der Waals surface area (Å²) in [4.78, 5) is 0. The van der Waals surface area contributed by atoms with Gasteiger partial charge in [-0.05, 0) is 42.2 Å². The zero-order valence-electron chi connectivity index (χ0n) is 10.1. The number of terminal acetylenes is 1. The molecule has 0 saturated carbocycles. The summed E-state index contributed by atoms with van der Waals surface area (Å²) < 4.78 is 0. The molecule has 1 aromatic rings. The number of aryl methyl sites for hydroxylation is 1. The molecular formula is C16H20. The Morgan fingerprint density at radius 1 is 1.44 bits per heavy atom. The fourth-order valence-corrected chi connectivity index (χ4v) is 2.85. The van der Waals surface area contributed by atoms with Crippen LogP contribution < -0.4 is 0 Å². The Hall–Kier alpha value is -1.22. The third kappa shape index (κ3) is 2.30. The van der Waals surface area contributed by atoms with Crippen LogP contribution in [0.2, 0.25) is 0 Å². The van der Waals surface area contributed by atoms with Gasteiger partial charge >= 0.3 is 0 Å². The molecule has 84 valence electrons. The molecular weight excluding hydrogens is 192 g/mol. The van der Waals surface area contributed by atoms with E-state index in [1.165, 1.54) is 25.7 Å². The van der Waals surface area contributed by atoms with Gasteiger partial charge in [-0.15, -0.1) is 12.3 Å². The normalized spacial score (nSPS) is 20.1. The minimum Gasteiger partial charge on any atom is -0.120 e. The molecule has 0 N–H and O–H groups in total. The van der Waals surface area contributed by atoms with Gasteiger partial charge in [0, 0.05) is 6.42 Å². The Kier molecular flexibility index (Phi) is 3.67. The highest BCUT2D eigenvalue weighted by molar-refractivity contribution is 5.34. The van der Waals surface area contributed by atoms with Crippen LogP contribution in [0.1, 0.15) is 49.7 Å². The predicted octanol–water partition coefficient (Wildman–Crippen LogP) is 4.16. The number of benzene rings is 1. The van der Waals surface area contributed by atoms with E-state index in [1.807, 2.05) is 0 Å². The summed E-state index contributed by atoms with van der Waals surface area (Å²) in [5.74, 6) is 4.28. The lowest BCUT2D eigenvalue weighted by Gasteiger charge is -2.18. The Balaban J connectivity index is 2.05. The summed E-state index contributed by atoms with van der Waals surface area (Å²) in [6, 6.07) is 8.90. The van der Waals surface area contributed by atoms with Crippen LogP contribution in [-0.4, -0.2) is 0 Å². The monoisotopic (exact) mass is 212 g/mol. The van der Waals surface area contributed by atoms with Crippen LogP contribution >= 0.6 is 0 Å². The second-order valence-corrected chi connectivity index (χ2v) is 4.85. The van der Waals surface area contributed by atoms with Crippen LogP contribution in [0.3, 0.4) is 0 Å². The SMILES string of the molecule is C#CCC(CC)CC1CCc2ccccc21. The van der Waals surface area contributed by atoms with Crippen molar-refractivity contribution in [2.45, 2.75) is 44.9 Å². The molecule has 0 radical (unpaired) electrons. The molecule has 0 nitrogen and oxygen atoms in total. The summed E-state index contributed by atoms with van der Waals surface area (Å²) in [6.07, 6.45) is 11.4. The predicted molar refractivity (Wildman–Crippen MR) is 69.4 cm³/mol. The second-order valence-electron chi connectivity index (χ2n) is 4.85. The van der Waals surface area contributed by atoms with E-state index < -0.39 is 0 Å². The van der Waals surface area contributed by atoms with Crippen molar-refractivity contribution in [1.29, 1.82) is 0 Å². The standard InChI is InChI=1S/C16H20/c1-3-7-13(4-2)12-15-11-10-14-8-5-6-9-16(14)15/h1,5-6,8-9,13,15H,4,7,10-12H2,2H3. The number of hydrogen-bond donors (Lipinski definition) is 0. The van der Waals surface area contributed by atoms with Crippen molar-refractivity contribution < 1.29 is 0 Å². The number of rotatable bonds is 4. The van der Waals surface area contributed by atoms with Gasteiger partial charge in [0.25, 0.3) is 0 Å². The highest BCUT2D eigenvalue weighted by Crippen LogP contribution is 2.38. The molecule has 0 bridgehead atoms. The summed E-state index contributed by atoms with van der Waals surface area (Å²) in [6.45, 7) is 2.25. The van der Waals surface area contributed by atoms with Crippen LogP contribution in [0.4, 0.5) is 0 Å². The van der Waals surface area contributed by atoms with E-state index in [-0.39, 0.29) is 0 Å². The van der Waals surface area contributed by atoms with Crippen molar-refractivity contribution in [2.75, 3.05) is 0 Å².